The molecule has 130 valence electrons. The summed E-state index contributed by atoms with van der Waals surface area (Å²) in [6.07, 6.45) is 3.10. The highest BCUT2D eigenvalue weighted by Gasteiger charge is 2.25. The molecule has 6 heteroatoms. The van der Waals surface area contributed by atoms with Gasteiger partial charge in [0.05, 0.1) is 24.0 Å². The van der Waals surface area contributed by atoms with E-state index in [0.717, 1.165) is 53.8 Å². The predicted molar refractivity (Wildman–Crippen MR) is 97.7 cm³/mol. The normalized spacial score (nSPS) is 14.5. The highest BCUT2D eigenvalue weighted by molar-refractivity contribution is 5.94. The molecule has 0 bridgehead atoms. The summed E-state index contributed by atoms with van der Waals surface area (Å²) in [5, 5.41) is 11.3. The molecule has 1 fully saturated rings. The smallest absolute Gasteiger partial charge is 0.228 e. The minimum Gasteiger partial charge on any atom is -0.496 e. The minimum absolute atomic E-state index is 0.0713. The molecule has 1 aliphatic rings. The van der Waals surface area contributed by atoms with E-state index in [1.807, 2.05) is 18.2 Å². The molecule has 2 aromatic heterocycles. The Morgan fingerprint density at radius 1 is 1.40 bits per heavy atom. The van der Waals surface area contributed by atoms with E-state index in [-0.39, 0.29) is 11.8 Å². The number of fused-ring (bicyclic) bond motifs is 1. The summed E-state index contributed by atoms with van der Waals surface area (Å²) >= 11 is 0. The quantitative estimate of drug-likeness (QED) is 0.743. The van der Waals surface area contributed by atoms with Gasteiger partial charge in [0.1, 0.15) is 5.75 Å². The Hall–Kier alpha value is -2.76. The van der Waals surface area contributed by atoms with Crippen molar-refractivity contribution in [3.63, 3.8) is 0 Å². The van der Waals surface area contributed by atoms with Crippen LogP contribution in [0.4, 0.5) is 5.82 Å². The molecule has 1 amide bonds. The van der Waals surface area contributed by atoms with Gasteiger partial charge in [0, 0.05) is 23.9 Å². The zero-order valence-corrected chi connectivity index (χ0v) is 14.5. The van der Waals surface area contributed by atoms with Crippen LogP contribution in [0.1, 0.15) is 26.2 Å². The molecule has 0 unspecified atom stereocenters. The van der Waals surface area contributed by atoms with Gasteiger partial charge in [0.15, 0.2) is 5.82 Å². The second-order valence-corrected chi connectivity index (χ2v) is 6.45. The zero-order valence-electron chi connectivity index (χ0n) is 14.5. The van der Waals surface area contributed by atoms with Gasteiger partial charge in [-0.15, -0.1) is 0 Å². The number of carbonyl (C=O) groups excluding carboxylic acids is 1. The van der Waals surface area contributed by atoms with Gasteiger partial charge >= 0.3 is 0 Å². The van der Waals surface area contributed by atoms with E-state index in [9.17, 15) is 4.79 Å². The van der Waals surface area contributed by atoms with E-state index >= 15 is 0 Å². The van der Waals surface area contributed by atoms with Crippen LogP contribution in [0.2, 0.25) is 0 Å². The Labute approximate surface area is 146 Å². The van der Waals surface area contributed by atoms with Crippen molar-refractivity contribution in [2.45, 2.75) is 32.7 Å². The van der Waals surface area contributed by atoms with Crippen molar-refractivity contribution in [1.29, 1.82) is 0 Å². The lowest BCUT2D eigenvalue weighted by atomic mass is 9.85. The van der Waals surface area contributed by atoms with Gasteiger partial charge in [-0.1, -0.05) is 12.5 Å². The Balaban J connectivity index is 1.68. The third-order valence-electron chi connectivity index (χ3n) is 5.02. The van der Waals surface area contributed by atoms with E-state index in [0.29, 0.717) is 5.82 Å². The van der Waals surface area contributed by atoms with Crippen molar-refractivity contribution >= 4 is 22.6 Å². The average molecular weight is 338 g/mol. The van der Waals surface area contributed by atoms with Gasteiger partial charge in [-0.05, 0) is 38.0 Å². The molecule has 4 rings (SSSR count). The van der Waals surface area contributed by atoms with Crippen LogP contribution in [0, 0.1) is 5.92 Å². The monoisotopic (exact) mass is 338 g/mol. The largest absolute Gasteiger partial charge is 0.496 e. The first-order valence-corrected chi connectivity index (χ1v) is 8.74. The Morgan fingerprint density at radius 2 is 2.24 bits per heavy atom. The molecule has 3 aromatic rings. The van der Waals surface area contributed by atoms with E-state index in [4.69, 9.17) is 4.74 Å². The first-order valence-electron chi connectivity index (χ1n) is 8.74. The summed E-state index contributed by atoms with van der Waals surface area (Å²) in [6.45, 7) is 2.94. The summed E-state index contributed by atoms with van der Waals surface area (Å²) in [7, 11) is 1.68. The minimum atomic E-state index is 0.0713. The Kier molecular flexibility index (Phi) is 3.95. The van der Waals surface area contributed by atoms with Crippen molar-refractivity contribution in [3.8, 4) is 17.1 Å². The lowest BCUT2D eigenvalue weighted by Gasteiger charge is -2.23. The molecule has 0 spiro atoms. The predicted octanol–water partition coefficient (Wildman–Crippen LogP) is 3.80. The number of benzene rings is 1. The number of aromatic amines is 1. The fourth-order valence-corrected chi connectivity index (χ4v) is 3.41. The highest BCUT2D eigenvalue weighted by Crippen LogP contribution is 2.34. The molecule has 1 saturated carbocycles. The van der Waals surface area contributed by atoms with Gasteiger partial charge in [-0.3, -0.25) is 9.89 Å². The number of methoxy groups -OCH3 is 1. The van der Waals surface area contributed by atoms with Crippen LogP contribution in [0.3, 0.4) is 0 Å². The van der Waals surface area contributed by atoms with Crippen molar-refractivity contribution in [3.05, 3.63) is 30.3 Å². The second kappa shape index (κ2) is 6.27. The summed E-state index contributed by atoms with van der Waals surface area (Å²) < 4.78 is 7.69. The van der Waals surface area contributed by atoms with Gasteiger partial charge < -0.3 is 14.6 Å². The molecule has 1 aromatic carbocycles. The maximum atomic E-state index is 12.1. The van der Waals surface area contributed by atoms with Gasteiger partial charge in [-0.25, -0.2) is 0 Å². The van der Waals surface area contributed by atoms with Crippen LogP contribution in [-0.4, -0.2) is 27.8 Å². The second-order valence-electron chi connectivity index (χ2n) is 6.45. The molecule has 0 saturated heterocycles. The molecule has 6 nitrogen and oxygen atoms in total. The molecule has 1 aliphatic carbocycles. The van der Waals surface area contributed by atoms with Crippen LogP contribution >= 0.6 is 0 Å². The number of aromatic nitrogens is 3. The van der Waals surface area contributed by atoms with E-state index in [1.54, 1.807) is 7.11 Å². The van der Waals surface area contributed by atoms with Crippen LogP contribution in [0.25, 0.3) is 22.3 Å². The molecule has 25 heavy (non-hydrogen) atoms. The number of rotatable bonds is 5. The number of nitrogens with zero attached hydrogens (tertiary/aromatic N) is 2. The first-order chi connectivity index (χ1) is 12.2. The average Bonchev–Trinajstić information content (AvgIpc) is 3.16. The molecular weight excluding hydrogens is 316 g/mol. The summed E-state index contributed by atoms with van der Waals surface area (Å²) in [6, 6.07) is 10.0. The van der Waals surface area contributed by atoms with Crippen molar-refractivity contribution < 1.29 is 9.53 Å². The molecule has 2 heterocycles. The molecule has 0 atom stereocenters. The van der Waals surface area contributed by atoms with Crippen molar-refractivity contribution in [2.75, 3.05) is 12.4 Å². The van der Waals surface area contributed by atoms with Crippen LogP contribution < -0.4 is 10.1 Å². The van der Waals surface area contributed by atoms with Crippen molar-refractivity contribution in [1.82, 2.24) is 14.8 Å². The van der Waals surface area contributed by atoms with E-state index in [1.165, 1.54) is 0 Å². The number of amides is 1. The zero-order chi connectivity index (χ0) is 17.4. The van der Waals surface area contributed by atoms with Crippen LogP contribution in [0.15, 0.2) is 30.3 Å². The number of aryl methyl sites for hydroxylation is 1. The van der Waals surface area contributed by atoms with Gasteiger partial charge in [0.25, 0.3) is 0 Å². The number of hydrogen-bond acceptors (Lipinski definition) is 3. The SMILES string of the molecule is CCn1c(-c2cc(NC(=O)C3CCC3)n[nH]2)cc2c(OC)cccc21. The third kappa shape index (κ3) is 2.67. The number of anilines is 1. The molecular formula is C19H22N4O2. The maximum absolute atomic E-state index is 12.1. The fourth-order valence-electron chi connectivity index (χ4n) is 3.41. The summed E-state index contributed by atoms with van der Waals surface area (Å²) in [4.78, 5) is 12.1. The Morgan fingerprint density at radius 3 is 2.92 bits per heavy atom. The lowest BCUT2D eigenvalue weighted by Crippen LogP contribution is -2.28. The third-order valence-corrected chi connectivity index (χ3v) is 5.02. The summed E-state index contributed by atoms with van der Waals surface area (Å²) in [5.41, 5.74) is 3.02. The Bertz CT molecular complexity index is 921. The molecule has 0 radical (unpaired) electrons. The fraction of sp³-hybridized carbons (Fsp3) is 0.368. The number of hydrogen-bond donors (Lipinski definition) is 2. The highest BCUT2D eigenvalue weighted by atomic mass is 16.5. The first kappa shape index (κ1) is 15.7. The standard InChI is InChI=1S/C19H22N4O2/c1-3-23-15-8-5-9-17(25-2)13(15)10-16(23)14-11-18(22-21-14)20-19(24)12-6-4-7-12/h5,8-12H,3-4,6-7H2,1-2H3,(H2,20,21,22,24). The number of H-pyrrole nitrogens is 1. The lowest BCUT2D eigenvalue weighted by molar-refractivity contribution is -0.122. The van der Waals surface area contributed by atoms with Gasteiger partial charge in [0.2, 0.25) is 5.91 Å². The van der Waals surface area contributed by atoms with E-state index < -0.39 is 0 Å². The number of carbonyl (C=O) groups is 1. The van der Waals surface area contributed by atoms with Crippen molar-refractivity contribution in [2.24, 2.45) is 5.92 Å². The molecule has 2 N–H and O–H groups in total. The topological polar surface area (TPSA) is 71.9 Å². The number of ether oxygens (including phenoxy) is 1. The number of nitrogens with one attached hydrogen (secondary N) is 2. The van der Waals surface area contributed by atoms with Crippen LogP contribution in [-0.2, 0) is 11.3 Å². The summed E-state index contributed by atoms with van der Waals surface area (Å²) in [5.74, 6) is 1.64. The van der Waals surface area contributed by atoms with E-state index in [2.05, 4.69) is 39.1 Å². The maximum Gasteiger partial charge on any atom is 0.228 e. The van der Waals surface area contributed by atoms with Crippen LogP contribution in [0.5, 0.6) is 5.75 Å². The van der Waals surface area contributed by atoms with Gasteiger partial charge in [-0.2, -0.15) is 5.10 Å². The molecule has 0 aliphatic heterocycles.